The second-order valence-electron chi connectivity index (χ2n) is 8.90. The quantitative estimate of drug-likeness (QED) is 0.355. The molecule has 1 fully saturated rings. The van der Waals surface area contributed by atoms with E-state index >= 15 is 0 Å². The summed E-state index contributed by atoms with van der Waals surface area (Å²) in [4.78, 5) is 1.94. The Morgan fingerprint density at radius 3 is 2.85 bits per heavy atom. The van der Waals surface area contributed by atoms with Crippen LogP contribution in [0, 0.1) is 0 Å². The van der Waals surface area contributed by atoms with Gasteiger partial charge in [-0.15, -0.1) is 0 Å². The summed E-state index contributed by atoms with van der Waals surface area (Å²) in [5.41, 5.74) is 1.13. The van der Waals surface area contributed by atoms with Crippen molar-refractivity contribution in [2.24, 2.45) is 0 Å². The van der Waals surface area contributed by atoms with Gasteiger partial charge in [-0.1, -0.05) is 30.9 Å². The van der Waals surface area contributed by atoms with Crippen LogP contribution in [0.4, 0.5) is 29.1 Å². The van der Waals surface area contributed by atoms with Gasteiger partial charge < -0.3 is 15.5 Å². The minimum absolute atomic E-state index is 0.330. The highest BCUT2D eigenvalue weighted by Crippen LogP contribution is 2.40. The summed E-state index contributed by atoms with van der Waals surface area (Å²) in [6.07, 6.45) is 0.853. The zero-order chi connectivity index (χ0) is 24.3. The maximum absolute atomic E-state index is 14.7. The molecule has 1 saturated heterocycles. The second-order valence-corrected chi connectivity index (χ2v) is 8.90. The van der Waals surface area contributed by atoms with Crippen LogP contribution in [-0.4, -0.2) is 66.2 Å². The molecule has 0 spiro atoms. The van der Waals surface area contributed by atoms with Gasteiger partial charge in [-0.25, -0.2) is 4.39 Å². The van der Waals surface area contributed by atoms with E-state index in [0.29, 0.717) is 37.2 Å². The summed E-state index contributed by atoms with van der Waals surface area (Å²) < 4.78 is 55.6. The molecule has 2 aliphatic rings. The SMILES string of the molecule is C=C(C1NC(/C=C/CNc2ccn[nH]2)Cc2c(N[C@@H]3CCN(C)C[C@@H]3F)cccc21)C(F)(F)F. The highest BCUT2D eigenvalue weighted by Gasteiger charge is 2.41. The number of nitrogens with one attached hydrogen (secondary N) is 4. The van der Waals surface area contributed by atoms with Gasteiger partial charge in [0.25, 0.3) is 0 Å². The first kappa shape index (κ1) is 24.3. The fourth-order valence-electron chi connectivity index (χ4n) is 4.57. The molecule has 2 unspecified atom stereocenters. The van der Waals surface area contributed by atoms with Gasteiger partial charge in [0.1, 0.15) is 12.0 Å². The lowest BCUT2D eigenvalue weighted by atomic mass is 9.85. The van der Waals surface area contributed by atoms with Gasteiger partial charge in [-0.05, 0) is 43.1 Å². The van der Waals surface area contributed by atoms with Crippen molar-refractivity contribution in [3.8, 4) is 0 Å². The third kappa shape index (κ3) is 5.61. The predicted molar refractivity (Wildman–Crippen MR) is 126 cm³/mol. The Balaban J connectivity index is 1.56. The maximum Gasteiger partial charge on any atom is 0.413 e. The zero-order valence-electron chi connectivity index (χ0n) is 19.0. The van der Waals surface area contributed by atoms with E-state index in [4.69, 9.17) is 0 Å². The Kier molecular flexibility index (Phi) is 7.27. The number of alkyl halides is 4. The molecule has 6 nitrogen and oxygen atoms in total. The number of fused-ring (bicyclic) bond motifs is 1. The number of likely N-dealkylation sites (tertiary alicyclic amines) is 1. The fraction of sp³-hybridized carbons (Fsp3) is 0.458. The number of hydrogen-bond acceptors (Lipinski definition) is 5. The molecule has 0 saturated carbocycles. The first-order valence-electron chi connectivity index (χ1n) is 11.3. The van der Waals surface area contributed by atoms with Crippen LogP contribution in [-0.2, 0) is 6.42 Å². The normalized spacial score (nSPS) is 25.8. The molecule has 0 bridgehead atoms. The van der Waals surface area contributed by atoms with Crippen LogP contribution < -0.4 is 16.0 Å². The summed E-state index contributed by atoms with van der Waals surface area (Å²) in [6, 6.07) is 5.20. The maximum atomic E-state index is 14.7. The van der Waals surface area contributed by atoms with Gasteiger partial charge in [-0.3, -0.25) is 10.4 Å². The molecule has 4 atom stereocenters. The van der Waals surface area contributed by atoms with Gasteiger partial charge in [0.2, 0.25) is 0 Å². The van der Waals surface area contributed by atoms with Crippen molar-refractivity contribution in [1.82, 2.24) is 20.4 Å². The number of H-pyrrole nitrogens is 1. The highest BCUT2D eigenvalue weighted by molar-refractivity contribution is 5.59. The minimum Gasteiger partial charge on any atom is -0.379 e. The average molecular weight is 479 g/mol. The molecule has 0 aliphatic carbocycles. The molecule has 34 heavy (non-hydrogen) atoms. The molecule has 3 heterocycles. The van der Waals surface area contributed by atoms with Crippen LogP contribution in [0.2, 0.25) is 0 Å². The van der Waals surface area contributed by atoms with Crippen LogP contribution >= 0.6 is 0 Å². The molecular formula is C24H30F4N6. The number of aromatic nitrogens is 2. The Morgan fingerprint density at radius 2 is 2.15 bits per heavy atom. The summed E-state index contributed by atoms with van der Waals surface area (Å²) in [6.45, 7) is 4.93. The minimum atomic E-state index is -4.54. The molecule has 4 rings (SSSR count). The second kappa shape index (κ2) is 10.2. The van der Waals surface area contributed by atoms with Gasteiger partial charge in [0.05, 0.1) is 18.3 Å². The van der Waals surface area contributed by atoms with E-state index in [1.165, 1.54) is 0 Å². The van der Waals surface area contributed by atoms with Crippen molar-refractivity contribution in [2.45, 2.75) is 43.3 Å². The van der Waals surface area contributed by atoms with Gasteiger partial charge in [0, 0.05) is 36.9 Å². The Hall–Kier alpha value is -2.85. The van der Waals surface area contributed by atoms with E-state index in [1.54, 1.807) is 24.4 Å². The monoisotopic (exact) mass is 478 g/mol. The number of halogens is 4. The lowest BCUT2D eigenvalue weighted by molar-refractivity contribution is -0.0968. The topological polar surface area (TPSA) is 68.0 Å². The summed E-state index contributed by atoms with van der Waals surface area (Å²) >= 11 is 0. The van der Waals surface area contributed by atoms with E-state index in [0.717, 1.165) is 17.9 Å². The number of nitrogens with zero attached hydrogens (tertiary/aromatic N) is 2. The molecule has 10 heteroatoms. The number of benzene rings is 1. The standard InChI is InChI=1S/C24H30F4N6/c1-15(24(26,27)28)23-17-6-3-7-20(32-21-9-12-34(2)14-19(21)25)18(17)13-16(31-23)5-4-10-29-22-8-11-30-33-22/h3-8,11,16,19,21,23,31-32H,1,9-10,12-14H2,2H3,(H2,29,30,33)/b5-4+/t16?,19-,21+,23?/m0/s1. The molecule has 0 radical (unpaired) electrons. The van der Waals surface area contributed by atoms with Crippen LogP contribution in [0.1, 0.15) is 23.6 Å². The number of rotatable bonds is 7. The lowest BCUT2D eigenvalue weighted by Crippen LogP contribution is -2.46. The first-order valence-corrected chi connectivity index (χ1v) is 11.3. The molecule has 2 aliphatic heterocycles. The molecular weight excluding hydrogens is 448 g/mol. The van der Waals surface area contributed by atoms with Crippen molar-refractivity contribution in [2.75, 3.05) is 37.3 Å². The van der Waals surface area contributed by atoms with Crippen molar-refractivity contribution in [1.29, 1.82) is 0 Å². The van der Waals surface area contributed by atoms with Gasteiger partial charge >= 0.3 is 6.18 Å². The van der Waals surface area contributed by atoms with E-state index in [1.807, 2.05) is 30.2 Å². The third-order valence-electron chi connectivity index (χ3n) is 6.41. The molecule has 4 N–H and O–H groups in total. The van der Waals surface area contributed by atoms with Crippen molar-refractivity contribution in [3.63, 3.8) is 0 Å². The van der Waals surface area contributed by atoms with Gasteiger partial charge in [-0.2, -0.15) is 18.3 Å². The number of aromatic amines is 1. The van der Waals surface area contributed by atoms with Crippen LogP contribution in [0.25, 0.3) is 0 Å². The first-order chi connectivity index (χ1) is 16.2. The average Bonchev–Trinajstić information content (AvgIpc) is 3.31. The summed E-state index contributed by atoms with van der Waals surface area (Å²) in [5, 5.41) is 16.2. The van der Waals surface area contributed by atoms with Crippen LogP contribution in [0.3, 0.4) is 0 Å². The summed E-state index contributed by atoms with van der Waals surface area (Å²) in [5.74, 6) is 0.750. The Morgan fingerprint density at radius 1 is 1.32 bits per heavy atom. The summed E-state index contributed by atoms with van der Waals surface area (Å²) in [7, 11) is 1.88. The van der Waals surface area contributed by atoms with Crippen molar-refractivity contribution < 1.29 is 17.6 Å². The number of piperidine rings is 1. The van der Waals surface area contributed by atoms with E-state index in [2.05, 4.69) is 32.7 Å². The molecule has 2 aromatic rings. The zero-order valence-corrected chi connectivity index (χ0v) is 19.0. The van der Waals surface area contributed by atoms with Crippen LogP contribution in [0.5, 0.6) is 0 Å². The van der Waals surface area contributed by atoms with Crippen molar-refractivity contribution in [3.05, 3.63) is 65.9 Å². The fourth-order valence-corrected chi connectivity index (χ4v) is 4.57. The van der Waals surface area contributed by atoms with Gasteiger partial charge in [0.15, 0.2) is 0 Å². The highest BCUT2D eigenvalue weighted by atomic mass is 19.4. The lowest BCUT2D eigenvalue weighted by Gasteiger charge is -2.37. The van der Waals surface area contributed by atoms with E-state index in [-0.39, 0.29) is 12.1 Å². The largest absolute Gasteiger partial charge is 0.413 e. The number of hydrogen-bond donors (Lipinski definition) is 4. The third-order valence-corrected chi connectivity index (χ3v) is 6.41. The Labute approximate surface area is 196 Å². The number of anilines is 2. The molecule has 0 amide bonds. The van der Waals surface area contributed by atoms with E-state index < -0.39 is 24.0 Å². The molecule has 184 valence electrons. The smallest absolute Gasteiger partial charge is 0.379 e. The van der Waals surface area contributed by atoms with Crippen molar-refractivity contribution >= 4 is 11.5 Å². The Bertz CT molecular complexity index is 1000. The molecule has 1 aromatic heterocycles. The molecule has 1 aromatic carbocycles. The van der Waals surface area contributed by atoms with Crippen LogP contribution in [0.15, 0.2) is 54.8 Å². The van der Waals surface area contributed by atoms with E-state index in [9.17, 15) is 17.6 Å². The predicted octanol–water partition coefficient (Wildman–Crippen LogP) is 4.21.